The summed E-state index contributed by atoms with van der Waals surface area (Å²) in [6.07, 6.45) is 7.10. The molecule has 9 nitrogen and oxygen atoms in total. The van der Waals surface area contributed by atoms with Gasteiger partial charge in [-0.2, -0.15) is 0 Å². The zero-order valence-electron chi connectivity index (χ0n) is 20.7. The number of aryl methyl sites for hydroxylation is 2. The molecule has 1 aliphatic heterocycles. The number of aromatic amines is 2. The van der Waals surface area contributed by atoms with Gasteiger partial charge in [-0.25, -0.2) is 0 Å². The number of hydrogen-bond acceptors (Lipinski definition) is 4. The van der Waals surface area contributed by atoms with Crippen molar-refractivity contribution in [2.24, 2.45) is 0 Å². The van der Waals surface area contributed by atoms with Crippen LogP contribution in [0.4, 0.5) is 5.69 Å². The summed E-state index contributed by atoms with van der Waals surface area (Å²) in [5, 5.41) is 20.7. The van der Waals surface area contributed by atoms with Crippen molar-refractivity contribution >= 4 is 53.1 Å². The first-order valence-electron chi connectivity index (χ1n) is 11.6. The number of carboxylic acid groups (broad SMARTS) is 2. The smallest absolute Gasteiger partial charge is 0.303 e. The van der Waals surface area contributed by atoms with Crippen molar-refractivity contribution < 1.29 is 29.4 Å². The molecule has 0 saturated heterocycles. The first-order chi connectivity index (χ1) is 17.5. The third-order valence-corrected chi connectivity index (χ3v) is 6.77. The highest BCUT2D eigenvalue weighted by molar-refractivity contribution is 6.37. The topological polar surface area (TPSA) is 152 Å². The lowest BCUT2D eigenvalue weighted by Crippen LogP contribution is -2.03. The Hall–Kier alpha value is -4.11. The van der Waals surface area contributed by atoms with Gasteiger partial charge in [0.1, 0.15) is 0 Å². The molecular weight excluding hydrogens is 498 g/mol. The monoisotopic (exact) mass is 525 g/mol. The van der Waals surface area contributed by atoms with Crippen LogP contribution < -0.4 is 5.32 Å². The minimum absolute atomic E-state index is 0.0761. The minimum Gasteiger partial charge on any atom is -0.481 e. The number of hydrogen-bond donors (Lipinski definition) is 5. The summed E-state index contributed by atoms with van der Waals surface area (Å²) in [4.78, 5) is 49.7. The van der Waals surface area contributed by atoms with Crippen molar-refractivity contribution in [3.8, 4) is 0 Å². The van der Waals surface area contributed by atoms with E-state index in [1.165, 1.54) is 0 Å². The van der Waals surface area contributed by atoms with Crippen LogP contribution in [0, 0.1) is 20.8 Å². The number of fused-ring (bicyclic) bond motifs is 1. The van der Waals surface area contributed by atoms with Crippen LogP contribution in [0.1, 0.15) is 62.4 Å². The van der Waals surface area contributed by atoms with Gasteiger partial charge in [-0.05, 0) is 79.6 Å². The molecule has 0 atom stereocenters. The average molecular weight is 526 g/mol. The first-order valence-corrected chi connectivity index (χ1v) is 12.0. The van der Waals surface area contributed by atoms with Crippen LogP contribution in [0.3, 0.4) is 0 Å². The first kappa shape index (κ1) is 27.5. The van der Waals surface area contributed by atoms with Gasteiger partial charge in [0.25, 0.3) is 5.91 Å². The van der Waals surface area contributed by atoms with E-state index in [2.05, 4.69) is 15.3 Å². The molecule has 1 aromatic carbocycles. The van der Waals surface area contributed by atoms with Crippen molar-refractivity contribution in [3.05, 3.63) is 74.3 Å². The molecule has 4 rings (SSSR count). The summed E-state index contributed by atoms with van der Waals surface area (Å²) < 4.78 is 0. The van der Waals surface area contributed by atoms with Gasteiger partial charge in [0.2, 0.25) is 0 Å². The van der Waals surface area contributed by atoms with Crippen LogP contribution >= 0.6 is 11.6 Å². The Bertz CT molecular complexity index is 1400. The molecule has 0 unspecified atom stereocenters. The molecule has 1 aliphatic rings. The number of aldehydes is 1. The highest BCUT2D eigenvalue weighted by Gasteiger charge is 2.27. The van der Waals surface area contributed by atoms with E-state index in [9.17, 15) is 19.2 Å². The summed E-state index contributed by atoms with van der Waals surface area (Å²) in [6.45, 7) is 5.60. The Balaban J connectivity index is 0.000000248. The normalized spacial score (nSPS) is 13.1. The van der Waals surface area contributed by atoms with Crippen molar-refractivity contribution in [1.29, 1.82) is 0 Å². The van der Waals surface area contributed by atoms with E-state index in [1.54, 1.807) is 37.5 Å². The third-order valence-electron chi connectivity index (χ3n) is 6.36. The van der Waals surface area contributed by atoms with Crippen LogP contribution in [0.25, 0.3) is 11.6 Å². The van der Waals surface area contributed by atoms with Gasteiger partial charge in [-0.1, -0.05) is 11.6 Å². The number of carboxylic acids is 2. The van der Waals surface area contributed by atoms with Crippen LogP contribution in [-0.4, -0.2) is 44.3 Å². The largest absolute Gasteiger partial charge is 0.481 e. The number of H-pyrrole nitrogens is 2. The van der Waals surface area contributed by atoms with Gasteiger partial charge in [0, 0.05) is 47.2 Å². The van der Waals surface area contributed by atoms with Gasteiger partial charge in [-0.15, -0.1) is 0 Å². The van der Waals surface area contributed by atoms with E-state index in [-0.39, 0.29) is 18.7 Å². The molecule has 5 N–H and O–H groups in total. The van der Waals surface area contributed by atoms with Crippen LogP contribution in [-0.2, 0) is 27.2 Å². The fourth-order valence-electron chi connectivity index (χ4n) is 4.11. The summed E-state index contributed by atoms with van der Waals surface area (Å²) in [6, 6.07) is 3.56. The maximum Gasteiger partial charge on any atom is 0.303 e. The van der Waals surface area contributed by atoms with Crippen molar-refractivity contribution in [3.63, 3.8) is 0 Å². The quantitative estimate of drug-likeness (QED) is 0.207. The fraction of sp³-hybridized carbons (Fsp3) is 0.259. The zero-order valence-corrected chi connectivity index (χ0v) is 21.5. The number of benzene rings is 1. The minimum atomic E-state index is -0.829. The lowest BCUT2D eigenvalue weighted by Gasteiger charge is -2.05. The maximum absolute atomic E-state index is 12.3. The molecule has 37 heavy (non-hydrogen) atoms. The lowest BCUT2D eigenvalue weighted by atomic mass is 9.99. The molecule has 0 bridgehead atoms. The summed E-state index contributed by atoms with van der Waals surface area (Å²) in [5.74, 6) is -1.82. The number of halogens is 1. The number of carbonyl (C=O) groups is 4. The lowest BCUT2D eigenvalue weighted by molar-refractivity contribution is -0.138. The Labute approximate surface area is 218 Å². The predicted molar refractivity (Wildman–Crippen MR) is 141 cm³/mol. The maximum atomic E-state index is 12.3. The van der Waals surface area contributed by atoms with Crippen LogP contribution in [0.5, 0.6) is 0 Å². The molecule has 3 heterocycles. The highest BCUT2D eigenvalue weighted by atomic mass is 35.5. The van der Waals surface area contributed by atoms with Gasteiger partial charge < -0.3 is 25.5 Å². The molecule has 0 fully saturated rings. The molecule has 10 heteroatoms. The second kappa shape index (κ2) is 11.7. The number of nitrogens with one attached hydrogen (secondary N) is 3. The molecule has 2 aromatic heterocycles. The van der Waals surface area contributed by atoms with E-state index < -0.39 is 11.9 Å². The number of anilines is 1. The van der Waals surface area contributed by atoms with Crippen LogP contribution in [0.2, 0.25) is 5.02 Å². The van der Waals surface area contributed by atoms with E-state index in [0.29, 0.717) is 29.1 Å². The Morgan fingerprint density at radius 3 is 1.95 bits per heavy atom. The Kier molecular flexibility index (Phi) is 8.73. The van der Waals surface area contributed by atoms with Crippen molar-refractivity contribution in [2.45, 2.75) is 46.5 Å². The third kappa shape index (κ3) is 6.37. The molecule has 3 aromatic rings. The van der Waals surface area contributed by atoms with Gasteiger partial charge in [0.15, 0.2) is 6.29 Å². The number of aromatic nitrogens is 2. The number of rotatable bonds is 8. The summed E-state index contributed by atoms with van der Waals surface area (Å²) in [5.41, 5.74) is 7.93. The van der Waals surface area contributed by atoms with E-state index in [1.807, 2.05) is 13.8 Å². The molecule has 0 spiro atoms. The van der Waals surface area contributed by atoms with E-state index in [4.69, 9.17) is 21.8 Å². The molecule has 194 valence electrons. The summed E-state index contributed by atoms with van der Waals surface area (Å²) >= 11 is 6.18. The molecule has 0 saturated carbocycles. The number of carbonyl (C=O) groups excluding carboxylic acids is 2. The number of aliphatic carboxylic acids is 2. The fourth-order valence-corrected chi connectivity index (χ4v) is 4.26. The molecule has 0 aliphatic carbocycles. The molecular formula is C27H28ClN3O6. The van der Waals surface area contributed by atoms with E-state index in [0.717, 1.165) is 51.0 Å². The SMILES string of the molecule is Cc1c(CCC(=O)O)c[nH]c1C=C1C(=O)Nc2ccc(Cl)c(C)c21.Cc1c(CCC(=O)O)c[nH]c1C=O. The van der Waals surface area contributed by atoms with Gasteiger partial charge in [0.05, 0.1) is 11.3 Å². The van der Waals surface area contributed by atoms with Gasteiger partial charge in [-0.3, -0.25) is 19.2 Å². The van der Waals surface area contributed by atoms with Crippen LogP contribution in [0.15, 0.2) is 24.5 Å². The van der Waals surface area contributed by atoms with Gasteiger partial charge >= 0.3 is 11.9 Å². The highest BCUT2D eigenvalue weighted by Crippen LogP contribution is 2.38. The van der Waals surface area contributed by atoms with E-state index >= 15 is 0 Å². The number of amides is 1. The predicted octanol–water partition coefficient (Wildman–Crippen LogP) is 4.95. The summed E-state index contributed by atoms with van der Waals surface area (Å²) in [7, 11) is 0. The second-order valence-corrected chi connectivity index (χ2v) is 9.12. The Morgan fingerprint density at radius 1 is 0.892 bits per heavy atom. The molecule has 0 radical (unpaired) electrons. The second-order valence-electron chi connectivity index (χ2n) is 8.72. The average Bonchev–Trinajstić information content (AvgIpc) is 3.49. The van der Waals surface area contributed by atoms with Crippen molar-refractivity contribution in [2.75, 3.05) is 5.32 Å². The van der Waals surface area contributed by atoms with Crippen molar-refractivity contribution in [1.82, 2.24) is 9.97 Å². The Morgan fingerprint density at radius 2 is 1.43 bits per heavy atom. The standard InChI is InChI=1S/C18H17ClN2O3.C9H11NO3/c1-9-11(3-6-16(22)23)8-20-15(9)7-12-17-10(2)13(19)4-5-14(17)21-18(12)24;1-6-7(2-3-9(12)13)4-10-8(6)5-11/h4-5,7-8,20H,3,6H2,1-2H3,(H,21,24)(H,22,23);4-5,10H,2-3H2,1H3,(H,12,13). The zero-order chi connectivity index (χ0) is 27.3. The molecule has 1 amide bonds.